The number of aromatic nitrogens is 1. The van der Waals surface area contributed by atoms with Gasteiger partial charge in [-0.1, -0.05) is 25.9 Å². The second-order valence-corrected chi connectivity index (χ2v) is 6.67. The highest BCUT2D eigenvalue weighted by molar-refractivity contribution is 5.92. The summed E-state index contributed by atoms with van der Waals surface area (Å²) in [6, 6.07) is 1.63. The lowest BCUT2D eigenvalue weighted by Gasteiger charge is -2.12. The van der Waals surface area contributed by atoms with Crippen LogP contribution in [0.25, 0.3) is 0 Å². The summed E-state index contributed by atoms with van der Waals surface area (Å²) >= 11 is 0. The van der Waals surface area contributed by atoms with E-state index in [1.165, 1.54) is 12.8 Å². The fourth-order valence-electron chi connectivity index (χ4n) is 1.75. The van der Waals surface area contributed by atoms with Gasteiger partial charge in [0.2, 0.25) is 0 Å². The van der Waals surface area contributed by atoms with Crippen molar-refractivity contribution in [2.24, 2.45) is 5.92 Å². The molecule has 0 radical (unpaired) electrons. The molecule has 1 unspecified atom stereocenters. The number of amides is 1. The molecule has 0 aliphatic heterocycles. The zero-order valence-corrected chi connectivity index (χ0v) is 12.9. The van der Waals surface area contributed by atoms with E-state index in [-0.39, 0.29) is 30.2 Å². The van der Waals surface area contributed by atoms with Crippen LogP contribution < -0.4 is 5.32 Å². The smallest absolute Gasteiger partial charge is 0.273 e. The molecule has 6 nitrogen and oxygen atoms in total. The molecule has 1 aromatic heterocycles. The Hall–Kier alpha value is -1.40. The van der Waals surface area contributed by atoms with Crippen molar-refractivity contribution in [1.82, 2.24) is 10.5 Å². The zero-order valence-electron chi connectivity index (χ0n) is 12.9. The molecular formula is C15H24N2O4. The number of aliphatic hydroxyl groups excluding tert-OH is 1. The molecule has 1 saturated carbocycles. The lowest BCUT2D eigenvalue weighted by Crippen LogP contribution is -2.34. The Labute approximate surface area is 124 Å². The van der Waals surface area contributed by atoms with Crippen LogP contribution in [0.3, 0.4) is 0 Å². The number of hydrogen-bond acceptors (Lipinski definition) is 5. The monoisotopic (exact) mass is 296 g/mol. The number of nitrogens with one attached hydrogen (secondary N) is 1. The van der Waals surface area contributed by atoms with Crippen LogP contribution in [0.5, 0.6) is 0 Å². The summed E-state index contributed by atoms with van der Waals surface area (Å²) in [5.74, 6) is 0.967. The third-order valence-corrected chi connectivity index (χ3v) is 3.34. The Kier molecular flexibility index (Phi) is 5.00. The lowest BCUT2D eigenvalue weighted by atomic mass is 9.93. The molecule has 1 amide bonds. The molecule has 1 atom stereocenters. The van der Waals surface area contributed by atoms with Gasteiger partial charge in [0.05, 0.1) is 12.7 Å². The van der Waals surface area contributed by atoms with E-state index in [4.69, 9.17) is 9.26 Å². The number of aliphatic hydroxyl groups is 1. The minimum Gasteiger partial charge on any atom is -0.389 e. The number of rotatable bonds is 7. The standard InChI is InChI=1S/C15H24N2O4/c1-15(2,3)13-6-12(17-21-13)14(19)16-7-11(18)9-20-8-10-4-5-10/h6,10-11,18H,4-5,7-9H2,1-3H3,(H,16,19). The van der Waals surface area contributed by atoms with Crippen molar-refractivity contribution in [2.45, 2.75) is 45.1 Å². The van der Waals surface area contributed by atoms with E-state index in [0.717, 1.165) is 0 Å². The van der Waals surface area contributed by atoms with Crippen LogP contribution >= 0.6 is 0 Å². The molecule has 0 bridgehead atoms. The van der Waals surface area contributed by atoms with Gasteiger partial charge >= 0.3 is 0 Å². The van der Waals surface area contributed by atoms with Crippen molar-refractivity contribution in [3.63, 3.8) is 0 Å². The number of carbonyl (C=O) groups excluding carboxylic acids is 1. The Morgan fingerprint density at radius 3 is 2.86 bits per heavy atom. The van der Waals surface area contributed by atoms with Crippen LogP contribution in [-0.2, 0) is 10.2 Å². The molecule has 1 aliphatic rings. The molecule has 0 saturated heterocycles. The number of ether oxygens (including phenoxy) is 1. The van der Waals surface area contributed by atoms with Gasteiger partial charge in [0.1, 0.15) is 5.76 Å². The quantitative estimate of drug-likeness (QED) is 0.796. The van der Waals surface area contributed by atoms with Crippen LogP contribution in [-0.4, -0.2) is 42.0 Å². The molecule has 2 N–H and O–H groups in total. The number of carbonyl (C=O) groups is 1. The van der Waals surface area contributed by atoms with Crippen molar-refractivity contribution in [2.75, 3.05) is 19.8 Å². The fraction of sp³-hybridized carbons (Fsp3) is 0.733. The van der Waals surface area contributed by atoms with Gasteiger partial charge in [0.15, 0.2) is 5.69 Å². The van der Waals surface area contributed by atoms with Gasteiger partial charge in [0.25, 0.3) is 5.91 Å². The third kappa shape index (κ3) is 5.13. The molecule has 1 aromatic rings. The van der Waals surface area contributed by atoms with Gasteiger partial charge in [-0.05, 0) is 18.8 Å². The molecule has 1 heterocycles. The summed E-state index contributed by atoms with van der Waals surface area (Å²) in [4.78, 5) is 11.9. The highest BCUT2D eigenvalue weighted by Gasteiger charge is 2.23. The predicted molar refractivity (Wildman–Crippen MR) is 77.1 cm³/mol. The summed E-state index contributed by atoms with van der Waals surface area (Å²) in [6.07, 6.45) is 1.73. The van der Waals surface area contributed by atoms with Crippen LogP contribution in [0.1, 0.15) is 49.9 Å². The maximum absolute atomic E-state index is 11.9. The molecule has 118 valence electrons. The third-order valence-electron chi connectivity index (χ3n) is 3.34. The minimum atomic E-state index is -0.707. The number of nitrogens with zero attached hydrogens (tertiary/aromatic N) is 1. The van der Waals surface area contributed by atoms with Crippen molar-refractivity contribution in [3.8, 4) is 0 Å². The van der Waals surface area contributed by atoms with Gasteiger partial charge < -0.3 is 19.7 Å². The van der Waals surface area contributed by atoms with E-state index < -0.39 is 6.10 Å². The van der Waals surface area contributed by atoms with Crippen LogP contribution in [0.2, 0.25) is 0 Å². The summed E-state index contributed by atoms with van der Waals surface area (Å²) in [5.41, 5.74) is 0.0350. The van der Waals surface area contributed by atoms with E-state index in [9.17, 15) is 9.90 Å². The SMILES string of the molecule is CC(C)(C)c1cc(C(=O)NCC(O)COCC2CC2)no1. The zero-order chi connectivity index (χ0) is 15.5. The molecule has 1 fully saturated rings. The topological polar surface area (TPSA) is 84.6 Å². The first-order valence-electron chi connectivity index (χ1n) is 7.37. The van der Waals surface area contributed by atoms with Gasteiger partial charge in [-0.25, -0.2) is 0 Å². The van der Waals surface area contributed by atoms with Crippen LogP contribution in [0.15, 0.2) is 10.6 Å². The van der Waals surface area contributed by atoms with Gasteiger partial charge in [-0.15, -0.1) is 0 Å². The summed E-state index contributed by atoms with van der Waals surface area (Å²) in [7, 11) is 0. The first-order chi connectivity index (χ1) is 9.86. The summed E-state index contributed by atoms with van der Waals surface area (Å²) in [6.45, 7) is 7.02. The second kappa shape index (κ2) is 6.58. The average molecular weight is 296 g/mol. The number of hydrogen-bond donors (Lipinski definition) is 2. The van der Waals surface area contributed by atoms with Crippen molar-refractivity contribution < 1.29 is 19.2 Å². The van der Waals surface area contributed by atoms with Crippen molar-refractivity contribution in [1.29, 1.82) is 0 Å². The Morgan fingerprint density at radius 2 is 2.29 bits per heavy atom. The van der Waals surface area contributed by atoms with Crippen molar-refractivity contribution in [3.05, 3.63) is 17.5 Å². The van der Waals surface area contributed by atoms with Gasteiger partial charge in [0, 0.05) is 24.6 Å². The van der Waals surface area contributed by atoms with Gasteiger partial charge in [-0.2, -0.15) is 0 Å². The molecule has 2 rings (SSSR count). The first-order valence-corrected chi connectivity index (χ1v) is 7.37. The summed E-state index contributed by atoms with van der Waals surface area (Å²) in [5, 5.41) is 16.1. The summed E-state index contributed by atoms with van der Waals surface area (Å²) < 4.78 is 10.5. The Bertz CT molecular complexity index is 474. The molecular weight excluding hydrogens is 272 g/mol. The molecule has 1 aliphatic carbocycles. The van der Waals surface area contributed by atoms with E-state index in [1.54, 1.807) is 6.07 Å². The molecule has 21 heavy (non-hydrogen) atoms. The molecule has 0 aromatic carbocycles. The van der Waals surface area contributed by atoms with Crippen LogP contribution in [0, 0.1) is 5.92 Å². The minimum absolute atomic E-state index is 0.140. The highest BCUT2D eigenvalue weighted by atomic mass is 16.5. The predicted octanol–water partition coefficient (Wildman–Crippen LogP) is 1.49. The van der Waals surface area contributed by atoms with E-state index in [1.807, 2.05) is 20.8 Å². The van der Waals surface area contributed by atoms with E-state index >= 15 is 0 Å². The first kappa shape index (κ1) is 16.0. The van der Waals surface area contributed by atoms with E-state index in [2.05, 4.69) is 10.5 Å². The maximum atomic E-state index is 11.9. The maximum Gasteiger partial charge on any atom is 0.273 e. The molecule has 0 spiro atoms. The van der Waals surface area contributed by atoms with Crippen LogP contribution in [0.4, 0.5) is 0 Å². The Balaban J connectivity index is 1.71. The normalized spacial score (nSPS) is 16.8. The Morgan fingerprint density at radius 1 is 1.57 bits per heavy atom. The average Bonchev–Trinajstić information content (AvgIpc) is 3.07. The molecule has 6 heteroatoms. The fourth-order valence-corrected chi connectivity index (χ4v) is 1.75. The second-order valence-electron chi connectivity index (χ2n) is 6.67. The van der Waals surface area contributed by atoms with Crippen molar-refractivity contribution >= 4 is 5.91 Å². The van der Waals surface area contributed by atoms with E-state index in [0.29, 0.717) is 18.3 Å². The largest absolute Gasteiger partial charge is 0.389 e. The lowest BCUT2D eigenvalue weighted by molar-refractivity contribution is 0.0320. The van der Waals surface area contributed by atoms with Gasteiger partial charge in [-0.3, -0.25) is 4.79 Å². The highest BCUT2D eigenvalue weighted by Crippen LogP contribution is 2.28.